The van der Waals surface area contributed by atoms with E-state index in [1.807, 2.05) is 113 Å². The number of primary amides is 1. The van der Waals surface area contributed by atoms with Crippen LogP contribution in [0.1, 0.15) is 180 Å². The Morgan fingerprint density at radius 3 is 2.10 bits per heavy atom. The summed E-state index contributed by atoms with van der Waals surface area (Å²) in [6.45, 7) is 28.3. The van der Waals surface area contributed by atoms with Crippen LogP contribution in [0.25, 0.3) is 0 Å². The van der Waals surface area contributed by atoms with E-state index in [9.17, 15) is 33.6 Å². The van der Waals surface area contributed by atoms with E-state index in [1.54, 1.807) is 20.0 Å². The largest absolute Gasteiger partial charge is 1.00 e. The summed E-state index contributed by atoms with van der Waals surface area (Å²) in [5.74, 6) is 6.03. The molecule has 23 heteroatoms. The van der Waals surface area contributed by atoms with Gasteiger partial charge in [0, 0.05) is 50.1 Å². The van der Waals surface area contributed by atoms with Gasteiger partial charge in [0.15, 0.2) is 5.78 Å². The van der Waals surface area contributed by atoms with Crippen LogP contribution in [0.15, 0.2) is 11.9 Å². The van der Waals surface area contributed by atoms with Crippen LogP contribution in [0, 0.1) is 5.92 Å². The van der Waals surface area contributed by atoms with Gasteiger partial charge in [0.2, 0.25) is 23.6 Å². The Balaban J connectivity index is 0.00000147. The van der Waals surface area contributed by atoms with E-state index >= 15 is 0 Å². The number of nitrogens with one attached hydrogen (secondary N) is 6. The Morgan fingerprint density at radius 1 is 0.935 bits per heavy atom. The van der Waals surface area contributed by atoms with Crippen LogP contribution < -0.4 is 73.1 Å². The van der Waals surface area contributed by atoms with Crippen LogP contribution in [0.4, 0.5) is 4.79 Å². The molecular weight excluding hydrogens is 1020 g/mol. The Bertz CT molecular complexity index is 1870. The fourth-order valence-electron chi connectivity index (χ4n) is 8.58. The van der Waals surface area contributed by atoms with Crippen molar-refractivity contribution in [1.82, 2.24) is 36.9 Å². The number of aliphatic hydroxyl groups is 1. The number of epoxide rings is 1. The number of carbonyl (C=O) groups excluding carboxylic acids is 7. The number of likely N-dealkylation sites (N-methyl/N-ethyl adjacent to an activating group) is 1. The molecule has 11 N–H and O–H groups in total. The van der Waals surface area contributed by atoms with Gasteiger partial charge in [0.1, 0.15) is 16.9 Å². The fraction of sp³-hybridized carbons (Fsp3) is 0.833. The number of aliphatic hydroxyl groups excluding tert-OH is 1. The van der Waals surface area contributed by atoms with Crippen LogP contribution in [-0.4, -0.2) is 155 Å². The second-order valence-corrected chi connectivity index (χ2v) is 24.3. The number of ether oxygens (including phenoxy) is 4. The number of unbranched alkanes of at least 4 members (excludes halogenated alkanes) is 2. The van der Waals surface area contributed by atoms with E-state index in [0.717, 1.165) is 44.3 Å². The third-order valence-corrected chi connectivity index (χ3v) is 14.3. The van der Waals surface area contributed by atoms with E-state index in [4.69, 9.17) is 35.6 Å². The van der Waals surface area contributed by atoms with Crippen molar-refractivity contribution >= 4 is 53.5 Å². The zero-order valence-corrected chi connectivity index (χ0v) is 52.6. The molecule has 3 rings (SSSR count). The molecule has 3 saturated heterocycles. The molecule has 3 heterocycles. The molecule has 0 radical (unpaired) electrons. The first-order valence-electron chi connectivity index (χ1n) is 27.2. The van der Waals surface area contributed by atoms with Crippen molar-refractivity contribution in [3.05, 3.63) is 11.9 Å². The first-order chi connectivity index (χ1) is 35.3. The number of hydrogen-bond donors (Lipinski definition) is 9. The molecular formula is C54H100N9NaO12S. The van der Waals surface area contributed by atoms with Crippen molar-refractivity contribution in [2.45, 2.75) is 244 Å². The van der Waals surface area contributed by atoms with Gasteiger partial charge in [0.05, 0.1) is 67.4 Å². The molecule has 440 valence electrons. The summed E-state index contributed by atoms with van der Waals surface area (Å²) in [7, 11) is 1.86. The summed E-state index contributed by atoms with van der Waals surface area (Å²) in [6.07, 6.45) is 11.2. The third kappa shape index (κ3) is 30.4. The Morgan fingerprint density at radius 2 is 1.56 bits per heavy atom. The van der Waals surface area contributed by atoms with Crippen LogP contribution in [-0.2, 0) is 47.7 Å². The summed E-state index contributed by atoms with van der Waals surface area (Å²) in [5.41, 5.74) is 4.98. The Kier molecular flexibility index (Phi) is 34.2. The van der Waals surface area contributed by atoms with Gasteiger partial charge in [-0.25, -0.2) is 11.1 Å². The van der Waals surface area contributed by atoms with Crippen LogP contribution in [0.2, 0.25) is 0 Å². The summed E-state index contributed by atoms with van der Waals surface area (Å²) in [4.78, 5) is 83.0. The monoisotopic (exact) mass is 1120 g/mol. The molecule has 3 fully saturated rings. The van der Waals surface area contributed by atoms with Crippen LogP contribution in [0.5, 0.6) is 0 Å². The van der Waals surface area contributed by atoms with Gasteiger partial charge in [0.25, 0.3) is 0 Å². The van der Waals surface area contributed by atoms with Gasteiger partial charge in [-0.05, 0) is 107 Å². The summed E-state index contributed by atoms with van der Waals surface area (Å²) < 4.78 is 23.5. The summed E-state index contributed by atoms with van der Waals surface area (Å²) >= 11 is 1.91. The van der Waals surface area contributed by atoms with E-state index in [-0.39, 0.29) is 96.5 Å². The van der Waals surface area contributed by atoms with E-state index in [1.165, 1.54) is 0 Å². The number of nitrogens with two attached hydrogens (primary N) is 2. The Hall–Kier alpha value is -3.06. The number of hydrazine groups is 1. The molecule has 6 amide bonds. The average Bonchev–Trinajstić information content (AvgIpc) is 3.83. The molecule has 0 spiro atoms. The molecule has 0 bridgehead atoms. The number of nitrogens with zero attached hydrogens (tertiary/aromatic N) is 1. The topological polar surface area (TPSA) is 307 Å². The smallest absolute Gasteiger partial charge is 0.540 e. The summed E-state index contributed by atoms with van der Waals surface area (Å²) in [6, 6.07) is -0.469. The van der Waals surface area contributed by atoms with Crippen molar-refractivity contribution in [2.75, 3.05) is 39.2 Å². The van der Waals surface area contributed by atoms with Crippen molar-refractivity contribution in [2.24, 2.45) is 17.5 Å². The number of amides is 6. The zero-order chi connectivity index (χ0) is 58.1. The van der Waals surface area contributed by atoms with Crippen LogP contribution >= 0.6 is 11.8 Å². The molecule has 7 atom stereocenters. The molecule has 3 aliphatic rings. The molecule has 0 aromatic carbocycles. The van der Waals surface area contributed by atoms with Gasteiger partial charge >= 0.3 is 35.6 Å². The second kappa shape index (κ2) is 35.6. The van der Waals surface area contributed by atoms with Crippen molar-refractivity contribution in [3.63, 3.8) is 0 Å². The standard InChI is InChI=1S/C31H59N7O6S.C13H23NO4.C10H18NO2.Na/c1-28(2,42-16-14-24(32)39)15-17-43-29(3,4)20-34-23(18-35-33)30(5,6)44-31(7,8)37-25(40)13-11-10-12-22-26-21(19-45-22)36-27(41)38(26)9;1-8(2)5-10(12(17)13(4)7-18-13)14-11(16)6-9(3)15;1-3-5-7-10(13)11-9(8-12)6-4-2;/h18,21-22,26,34-35H,10-17,19-20,33H2,1-9H3,(H2,32,39)(H,36,41)(H,37,40);8-10,15H,5-7H2,1-4H3,(H,14,16);9H,3-7H2,1-2H3,(H,11,13);/q;;-1;+1/b23-18-;;;. The molecule has 0 aromatic heterocycles. The maximum atomic E-state index is 12.9. The maximum absolute atomic E-state index is 12.9. The molecule has 21 nitrogen and oxygen atoms in total. The predicted octanol–water partition coefficient (Wildman–Crippen LogP) is 1.67. The van der Waals surface area contributed by atoms with Gasteiger partial charge in [-0.15, -0.1) is 0 Å². The predicted molar refractivity (Wildman–Crippen MR) is 297 cm³/mol. The molecule has 0 aromatic rings. The third-order valence-electron chi connectivity index (χ3n) is 12.8. The first kappa shape index (κ1) is 73.9. The van der Waals surface area contributed by atoms with Gasteiger partial charge in [-0.3, -0.25) is 29.8 Å². The number of thioether (sulfide) groups is 1. The normalized spacial score (nSPS) is 20.3. The number of hydrogen-bond acceptors (Lipinski definition) is 16. The number of urea groups is 1. The molecule has 7 unspecified atom stereocenters. The van der Waals surface area contributed by atoms with Crippen molar-refractivity contribution in [3.8, 4) is 0 Å². The number of carbonyl (C=O) groups is 6. The molecule has 77 heavy (non-hydrogen) atoms. The number of Topliss-reactive ketones (excluding diaryl/α,β-unsaturated/α-hetero) is 1. The minimum Gasteiger partial charge on any atom is -0.540 e. The van der Waals surface area contributed by atoms with Gasteiger partial charge in [-0.1, -0.05) is 59.4 Å². The molecule has 3 aliphatic heterocycles. The number of ketones is 1. The zero-order valence-electron chi connectivity index (χ0n) is 49.8. The summed E-state index contributed by atoms with van der Waals surface area (Å²) in [5, 5.41) is 24.4. The minimum atomic E-state index is -0.949. The fourth-order valence-corrected chi connectivity index (χ4v) is 10.2. The number of rotatable bonds is 35. The first-order valence-corrected chi connectivity index (χ1v) is 28.3. The van der Waals surface area contributed by atoms with E-state index in [0.29, 0.717) is 68.7 Å². The Labute approximate surface area is 487 Å². The minimum absolute atomic E-state index is 0. The maximum Gasteiger partial charge on any atom is 1.00 e. The van der Waals surface area contributed by atoms with E-state index in [2.05, 4.69) is 32.0 Å². The van der Waals surface area contributed by atoms with E-state index < -0.39 is 46.3 Å². The van der Waals surface area contributed by atoms with Crippen LogP contribution in [0.3, 0.4) is 0 Å². The quantitative estimate of drug-likeness (QED) is 0.00638. The SMILES string of the molecule is CC(C)CC(NC(=O)CC(C)O)C(=O)C1(C)CO1.CCCCC(=O)NC([C-]=O)CCC.CN1C(=O)NC2CSC(CCCCC(=O)NC(C)(C)OC(C)(C)/C(=C/NN)NCC(C)(C)OCCC(C)(C)OCCC(N)=O)C21.[Na+]. The molecule has 0 saturated carbocycles. The average molecular weight is 1120 g/mol. The van der Waals surface area contributed by atoms with Crippen molar-refractivity contribution in [1.29, 1.82) is 0 Å². The molecule has 0 aliphatic carbocycles. The number of fused-ring (bicyclic) bond motifs is 1. The van der Waals surface area contributed by atoms with Crippen molar-refractivity contribution < 1.29 is 87.2 Å². The van der Waals surface area contributed by atoms with Gasteiger partial charge in [-0.2, -0.15) is 11.8 Å². The second-order valence-electron chi connectivity index (χ2n) is 23.0. The van der Waals surface area contributed by atoms with Gasteiger partial charge < -0.3 is 71.5 Å².